The second kappa shape index (κ2) is 7.59. The number of nitrogens with zero attached hydrogens (tertiary/aromatic N) is 1. The Labute approximate surface area is 116 Å². The predicted octanol–water partition coefficient (Wildman–Crippen LogP) is 1.19. The molecule has 0 bridgehead atoms. The Kier molecular flexibility index (Phi) is 5.78. The van der Waals surface area contributed by atoms with Crippen molar-refractivity contribution in [1.82, 2.24) is 5.32 Å². The molecule has 0 fully saturated rings. The van der Waals surface area contributed by atoms with Gasteiger partial charge in [-0.15, -0.1) is 0 Å². The summed E-state index contributed by atoms with van der Waals surface area (Å²) in [6, 6.07) is 8.64. The number of benzene rings is 1. The first kappa shape index (κ1) is 15.2. The van der Waals surface area contributed by atoms with Gasteiger partial charge in [0.25, 0.3) is 5.91 Å². The molecule has 0 unspecified atom stereocenters. The fourth-order valence-electron chi connectivity index (χ4n) is 1.43. The van der Waals surface area contributed by atoms with Crippen LogP contribution in [0.15, 0.2) is 29.8 Å². The van der Waals surface area contributed by atoms with Gasteiger partial charge < -0.3 is 15.2 Å². The molecule has 1 amide bonds. The van der Waals surface area contributed by atoms with Crippen molar-refractivity contribution in [3.8, 4) is 11.8 Å². The third kappa shape index (κ3) is 4.82. The third-order valence-electron chi connectivity index (χ3n) is 2.25. The minimum atomic E-state index is -1.17. The highest BCUT2D eigenvalue weighted by molar-refractivity contribution is 6.02. The molecule has 6 heteroatoms. The number of nitrogens with one attached hydrogen (secondary N) is 1. The summed E-state index contributed by atoms with van der Waals surface area (Å²) in [6.45, 7) is 1.83. The summed E-state index contributed by atoms with van der Waals surface area (Å²) in [5.74, 6) is -1.27. The molecule has 0 saturated heterocycles. The average molecular weight is 274 g/mol. The maximum Gasteiger partial charge on any atom is 0.322 e. The van der Waals surface area contributed by atoms with Crippen molar-refractivity contribution in [3.05, 3.63) is 35.4 Å². The van der Waals surface area contributed by atoms with Crippen LogP contribution in [0.25, 0.3) is 6.08 Å². The van der Waals surface area contributed by atoms with Gasteiger partial charge in [-0.25, -0.2) is 0 Å². The molecule has 1 aromatic rings. The molecule has 0 saturated carbocycles. The summed E-state index contributed by atoms with van der Waals surface area (Å²) < 4.78 is 5.31. The summed E-state index contributed by atoms with van der Waals surface area (Å²) in [4.78, 5) is 22.0. The van der Waals surface area contributed by atoms with Crippen molar-refractivity contribution in [1.29, 1.82) is 5.26 Å². The topological polar surface area (TPSA) is 99.4 Å². The second-order valence-corrected chi connectivity index (χ2v) is 3.75. The van der Waals surface area contributed by atoms with Gasteiger partial charge in [0.2, 0.25) is 0 Å². The largest absolute Gasteiger partial charge is 0.494 e. The highest BCUT2D eigenvalue weighted by atomic mass is 16.5. The van der Waals surface area contributed by atoms with Gasteiger partial charge in [0.05, 0.1) is 6.61 Å². The van der Waals surface area contributed by atoms with Crippen LogP contribution >= 0.6 is 0 Å². The molecule has 104 valence electrons. The number of ether oxygens (including phenoxy) is 1. The van der Waals surface area contributed by atoms with E-state index in [0.717, 1.165) is 0 Å². The van der Waals surface area contributed by atoms with Gasteiger partial charge >= 0.3 is 5.97 Å². The van der Waals surface area contributed by atoms with Crippen molar-refractivity contribution < 1.29 is 19.4 Å². The number of hydrogen-bond acceptors (Lipinski definition) is 4. The molecule has 1 aromatic carbocycles. The number of carboxylic acid groups (broad SMARTS) is 1. The summed E-state index contributed by atoms with van der Waals surface area (Å²) in [5, 5.41) is 19.5. The molecule has 0 atom stereocenters. The predicted molar refractivity (Wildman–Crippen MR) is 71.8 cm³/mol. The van der Waals surface area contributed by atoms with E-state index in [1.54, 1.807) is 30.3 Å². The van der Waals surface area contributed by atoms with E-state index in [2.05, 4.69) is 5.32 Å². The van der Waals surface area contributed by atoms with Crippen molar-refractivity contribution in [3.63, 3.8) is 0 Å². The number of nitriles is 1. The highest BCUT2D eigenvalue weighted by Gasteiger charge is 2.10. The molecule has 6 nitrogen and oxygen atoms in total. The minimum absolute atomic E-state index is 0.167. The van der Waals surface area contributed by atoms with E-state index >= 15 is 0 Å². The van der Waals surface area contributed by atoms with E-state index in [-0.39, 0.29) is 5.57 Å². The number of amides is 1. The molecule has 0 aliphatic heterocycles. The fraction of sp³-hybridized carbons (Fsp3) is 0.214. The maximum atomic E-state index is 11.6. The standard InChI is InChI=1S/C14H14N2O4/c1-2-20-12-5-3-4-10(7-12)6-11(8-15)14(19)16-9-13(17)18/h3-7H,2,9H2,1H3,(H,16,19)(H,17,18). The summed E-state index contributed by atoms with van der Waals surface area (Å²) in [6.07, 6.45) is 1.37. The Hall–Kier alpha value is -2.81. The molecular weight excluding hydrogens is 260 g/mol. The number of carboxylic acids is 1. The van der Waals surface area contributed by atoms with Gasteiger partial charge in [0.1, 0.15) is 23.9 Å². The van der Waals surface area contributed by atoms with Gasteiger partial charge in [-0.1, -0.05) is 12.1 Å². The van der Waals surface area contributed by atoms with Crippen molar-refractivity contribution in [2.75, 3.05) is 13.2 Å². The van der Waals surface area contributed by atoms with E-state index in [1.165, 1.54) is 6.08 Å². The van der Waals surface area contributed by atoms with Gasteiger partial charge in [-0.05, 0) is 30.7 Å². The number of hydrogen-bond donors (Lipinski definition) is 2. The lowest BCUT2D eigenvalue weighted by Crippen LogP contribution is -2.30. The van der Waals surface area contributed by atoms with Gasteiger partial charge in [-0.3, -0.25) is 9.59 Å². The summed E-state index contributed by atoms with van der Waals surface area (Å²) in [7, 11) is 0. The van der Waals surface area contributed by atoms with Crippen LogP contribution in [0.1, 0.15) is 12.5 Å². The van der Waals surface area contributed by atoms with Crippen LogP contribution in [0.5, 0.6) is 5.75 Å². The third-order valence-corrected chi connectivity index (χ3v) is 2.25. The second-order valence-electron chi connectivity index (χ2n) is 3.75. The molecule has 0 aliphatic rings. The lowest BCUT2D eigenvalue weighted by Gasteiger charge is -2.04. The number of carbonyl (C=O) groups excluding carboxylic acids is 1. The molecule has 0 heterocycles. The van der Waals surface area contributed by atoms with Gasteiger partial charge in [0.15, 0.2) is 0 Å². The molecule has 0 radical (unpaired) electrons. The summed E-state index contributed by atoms with van der Waals surface area (Å²) in [5.41, 5.74) is 0.456. The van der Waals surface area contributed by atoms with Crippen LogP contribution in [-0.2, 0) is 9.59 Å². The Morgan fingerprint density at radius 1 is 1.50 bits per heavy atom. The van der Waals surface area contributed by atoms with E-state index < -0.39 is 18.4 Å². The Morgan fingerprint density at radius 2 is 2.25 bits per heavy atom. The van der Waals surface area contributed by atoms with Crippen LogP contribution in [-0.4, -0.2) is 30.1 Å². The van der Waals surface area contributed by atoms with Crippen LogP contribution in [0.2, 0.25) is 0 Å². The zero-order valence-corrected chi connectivity index (χ0v) is 10.9. The minimum Gasteiger partial charge on any atom is -0.494 e. The Morgan fingerprint density at radius 3 is 2.85 bits per heavy atom. The quantitative estimate of drug-likeness (QED) is 0.599. The van der Waals surface area contributed by atoms with Crippen LogP contribution in [0.4, 0.5) is 0 Å². The normalized spacial score (nSPS) is 10.5. The lowest BCUT2D eigenvalue weighted by molar-refractivity contribution is -0.137. The molecule has 20 heavy (non-hydrogen) atoms. The van der Waals surface area contributed by atoms with Crippen molar-refractivity contribution in [2.45, 2.75) is 6.92 Å². The average Bonchev–Trinajstić information content (AvgIpc) is 2.43. The molecule has 2 N–H and O–H groups in total. The lowest BCUT2D eigenvalue weighted by atomic mass is 10.1. The summed E-state index contributed by atoms with van der Waals surface area (Å²) >= 11 is 0. The smallest absolute Gasteiger partial charge is 0.322 e. The van der Waals surface area contributed by atoms with E-state index in [4.69, 9.17) is 15.1 Å². The van der Waals surface area contributed by atoms with Gasteiger partial charge in [-0.2, -0.15) is 5.26 Å². The first-order chi connectivity index (χ1) is 9.56. The Bertz CT molecular complexity index is 573. The molecular formula is C14H14N2O4. The van der Waals surface area contributed by atoms with Crippen molar-refractivity contribution in [2.24, 2.45) is 0 Å². The Balaban J connectivity index is 2.88. The van der Waals surface area contributed by atoms with Crippen LogP contribution in [0.3, 0.4) is 0 Å². The molecule has 0 aromatic heterocycles. The zero-order valence-electron chi connectivity index (χ0n) is 10.9. The van der Waals surface area contributed by atoms with E-state index in [9.17, 15) is 9.59 Å². The molecule has 1 rings (SSSR count). The fourth-order valence-corrected chi connectivity index (χ4v) is 1.43. The van der Waals surface area contributed by atoms with E-state index in [0.29, 0.717) is 17.9 Å². The maximum absolute atomic E-state index is 11.6. The van der Waals surface area contributed by atoms with Crippen LogP contribution < -0.4 is 10.1 Å². The first-order valence-corrected chi connectivity index (χ1v) is 5.91. The van der Waals surface area contributed by atoms with Crippen molar-refractivity contribution >= 4 is 18.0 Å². The first-order valence-electron chi connectivity index (χ1n) is 5.91. The van der Waals surface area contributed by atoms with Crippen LogP contribution in [0, 0.1) is 11.3 Å². The highest BCUT2D eigenvalue weighted by Crippen LogP contribution is 2.15. The number of rotatable bonds is 6. The monoisotopic (exact) mass is 274 g/mol. The SMILES string of the molecule is CCOc1cccc(C=C(C#N)C(=O)NCC(=O)O)c1. The molecule has 0 spiro atoms. The zero-order chi connectivity index (χ0) is 15.0. The number of carbonyl (C=O) groups is 2. The number of aliphatic carboxylic acids is 1. The van der Waals surface area contributed by atoms with Gasteiger partial charge in [0, 0.05) is 0 Å². The van der Waals surface area contributed by atoms with E-state index in [1.807, 2.05) is 6.92 Å². The molecule has 0 aliphatic carbocycles.